The Labute approximate surface area is 175 Å². The zero-order valence-corrected chi connectivity index (χ0v) is 17.4. The van der Waals surface area contributed by atoms with Gasteiger partial charge in [-0.2, -0.15) is 0 Å². The van der Waals surface area contributed by atoms with Gasteiger partial charge in [0.05, 0.1) is 18.5 Å². The van der Waals surface area contributed by atoms with Crippen molar-refractivity contribution in [2.75, 3.05) is 19.0 Å². The highest BCUT2D eigenvalue weighted by Crippen LogP contribution is 2.29. The van der Waals surface area contributed by atoms with Crippen LogP contribution in [-0.2, 0) is 31.4 Å². The Kier molecular flexibility index (Phi) is 5.55. The van der Waals surface area contributed by atoms with E-state index in [9.17, 15) is 9.18 Å². The Morgan fingerprint density at radius 3 is 2.87 bits per heavy atom. The van der Waals surface area contributed by atoms with Crippen molar-refractivity contribution in [2.45, 2.75) is 26.4 Å². The van der Waals surface area contributed by atoms with Gasteiger partial charge in [0, 0.05) is 56.8 Å². The molecule has 0 spiro atoms. The van der Waals surface area contributed by atoms with Crippen LogP contribution in [0.15, 0.2) is 42.5 Å². The van der Waals surface area contributed by atoms with Crippen molar-refractivity contribution in [3.05, 3.63) is 65.2 Å². The van der Waals surface area contributed by atoms with Gasteiger partial charge in [0.1, 0.15) is 17.4 Å². The average molecular weight is 408 g/mol. The van der Waals surface area contributed by atoms with Crippen LogP contribution in [0.3, 0.4) is 0 Å². The van der Waals surface area contributed by atoms with Crippen molar-refractivity contribution in [3.63, 3.8) is 0 Å². The van der Waals surface area contributed by atoms with Crippen LogP contribution in [-0.4, -0.2) is 34.0 Å². The van der Waals surface area contributed by atoms with Crippen molar-refractivity contribution in [1.29, 1.82) is 0 Å². The lowest BCUT2D eigenvalue weighted by Gasteiger charge is -2.27. The molecule has 156 valence electrons. The quantitative estimate of drug-likeness (QED) is 0.699. The van der Waals surface area contributed by atoms with Crippen molar-refractivity contribution >= 4 is 11.6 Å². The SMILES string of the molecule is COc1ccc(F)cc1CN1CCc2nc(-c3cccc(NC(C)=O)c3)n(C)c2C1. The second-order valence-electron chi connectivity index (χ2n) is 7.57. The summed E-state index contributed by atoms with van der Waals surface area (Å²) >= 11 is 0. The van der Waals surface area contributed by atoms with E-state index < -0.39 is 0 Å². The zero-order valence-electron chi connectivity index (χ0n) is 17.4. The van der Waals surface area contributed by atoms with Crippen LogP contribution in [0.4, 0.5) is 10.1 Å². The van der Waals surface area contributed by atoms with E-state index in [2.05, 4.69) is 14.8 Å². The number of rotatable bonds is 5. The van der Waals surface area contributed by atoms with Gasteiger partial charge in [-0.25, -0.2) is 9.37 Å². The predicted octanol–water partition coefficient (Wildman–Crippen LogP) is 3.75. The van der Waals surface area contributed by atoms with Gasteiger partial charge < -0.3 is 14.6 Å². The fourth-order valence-electron chi connectivity index (χ4n) is 3.99. The fourth-order valence-corrected chi connectivity index (χ4v) is 3.99. The number of fused-ring (bicyclic) bond motifs is 1. The first-order valence-electron chi connectivity index (χ1n) is 9.92. The molecule has 0 unspecified atom stereocenters. The molecule has 0 bridgehead atoms. The summed E-state index contributed by atoms with van der Waals surface area (Å²) in [6.45, 7) is 3.67. The normalized spacial score (nSPS) is 13.7. The molecular weight excluding hydrogens is 383 g/mol. The van der Waals surface area contributed by atoms with Crippen molar-refractivity contribution < 1.29 is 13.9 Å². The third kappa shape index (κ3) is 4.07. The highest BCUT2D eigenvalue weighted by Gasteiger charge is 2.24. The molecule has 1 aliphatic rings. The van der Waals surface area contributed by atoms with Crippen molar-refractivity contribution in [2.24, 2.45) is 7.05 Å². The minimum atomic E-state index is -0.259. The van der Waals surface area contributed by atoms with Crippen LogP contribution in [0, 0.1) is 5.82 Å². The number of imidazole rings is 1. The molecule has 4 rings (SSSR count). The van der Waals surface area contributed by atoms with E-state index in [-0.39, 0.29) is 11.7 Å². The van der Waals surface area contributed by atoms with Gasteiger partial charge in [0.2, 0.25) is 5.91 Å². The molecule has 7 heteroatoms. The number of halogens is 1. The number of nitrogens with zero attached hydrogens (tertiary/aromatic N) is 3. The molecule has 0 atom stereocenters. The van der Waals surface area contributed by atoms with Gasteiger partial charge in [-0.3, -0.25) is 9.69 Å². The molecule has 30 heavy (non-hydrogen) atoms. The Hall–Kier alpha value is -3.19. The Morgan fingerprint density at radius 1 is 1.27 bits per heavy atom. The second-order valence-corrected chi connectivity index (χ2v) is 7.57. The summed E-state index contributed by atoms with van der Waals surface area (Å²) in [6, 6.07) is 12.3. The van der Waals surface area contributed by atoms with Crippen LogP contribution in [0.1, 0.15) is 23.9 Å². The monoisotopic (exact) mass is 408 g/mol. The van der Waals surface area contributed by atoms with Gasteiger partial charge in [0.25, 0.3) is 0 Å². The minimum absolute atomic E-state index is 0.102. The van der Waals surface area contributed by atoms with E-state index in [1.54, 1.807) is 13.2 Å². The minimum Gasteiger partial charge on any atom is -0.496 e. The second kappa shape index (κ2) is 8.28. The third-order valence-corrected chi connectivity index (χ3v) is 5.41. The molecule has 0 radical (unpaired) electrons. The maximum Gasteiger partial charge on any atom is 0.221 e. The predicted molar refractivity (Wildman–Crippen MR) is 114 cm³/mol. The standard InChI is InChI=1S/C23H25FN4O2/c1-15(29)25-19-6-4-5-16(12-19)23-26-20-9-10-28(14-21(20)27(23)2)13-17-11-18(24)7-8-22(17)30-3/h4-8,11-12H,9-10,13-14H2,1-3H3,(H,25,29). The van der Waals surface area contributed by atoms with Crippen molar-refractivity contribution in [3.8, 4) is 17.1 Å². The summed E-state index contributed by atoms with van der Waals surface area (Å²) < 4.78 is 21.2. The maximum absolute atomic E-state index is 13.7. The number of benzene rings is 2. The molecule has 2 heterocycles. The number of hydrogen-bond donors (Lipinski definition) is 1. The van der Waals surface area contributed by atoms with Crippen LogP contribution >= 0.6 is 0 Å². The van der Waals surface area contributed by atoms with E-state index in [1.165, 1.54) is 19.1 Å². The van der Waals surface area contributed by atoms with Gasteiger partial charge in [-0.15, -0.1) is 0 Å². The van der Waals surface area contributed by atoms with E-state index in [0.29, 0.717) is 12.3 Å². The first-order chi connectivity index (χ1) is 14.4. The van der Waals surface area contributed by atoms with Crippen LogP contribution in [0.25, 0.3) is 11.4 Å². The van der Waals surface area contributed by atoms with E-state index in [1.807, 2.05) is 31.3 Å². The molecule has 1 amide bonds. The highest BCUT2D eigenvalue weighted by atomic mass is 19.1. The largest absolute Gasteiger partial charge is 0.496 e. The Morgan fingerprint density at radius 2 is 2.10 bits per heavy atom. The fraction of sp³-hybridized carbons (Fsp3) is 0.304. The van der Waals surface area contributed by atoms with E-state index in [4.69, 9.17) is 9.72 Å². The average Bonchev–Trinajstić information content (AvgIpc) is 3.04. The van der Waals surface area contributed by atoms with Crippen molar-refractivity contribution in [1.82, 2.24) is 14.5 Å². The first-order valence-corrected chi connectivity index (χ1v) is 9.92. The Bertz CT molecular complexity index is 1090. The molecule has 3 aromatic rings. The maximum atomic E-state index is 13.7. The number of methoxy groups -OCH3 is 1. The lowest BCUT2D eigenvalue weighted by atomic mass is 10.1. The number of anilines is 1. The smallest absolute Gasteiger partial charge is 0.221 e. The van der Waals surface area contributed by atoms with Crippen LogP contribution in [0.5, 0.6) is 5.75 Å². The molecule has 0 saturated heterocycles. The molecule has 0 saturated carbocycles. The summed E-state index contributed by atoms with van der Waals surface area (Å²) in [5, 5.41) is 2.82. The van der Waals surface area contributed by atoms with Gasteiger partial charge in [0.15, 0.2) is 0 Å². The summed E-state index contributed by atoms with van der Waals surface area (Å²) in [4.78, 5) is 18.5. The van der Waals surface area contributed by atoms with Gasteiger partial charge in [-0.1, -0.05) is 12.1 Å². The van der Waals surface area contributed by atoms with Crippen LogP contribution < -0.4 is 10.1 Å². The lowest BCUT2D eigenvalue weighted by molar-refractivity contribution is -0.114. The van der Waals surface area contributed by atoms with Gasteiger partial charge in [-0.05, 0) is 30.3 Å². The summed E-state index contributed by atoms with van der Waals surface area (Å²) in [7, 11) is 3.62. The molecule has 6 nitrogen and oxygen atoms in total. The molecule has 2 aromatic carbocycles. The first kappa shape index (κ1) is 20.1. The number of amides is 1. The summed E-state index contributed by atoms with van der Waals surface area (Å²) in [6.07, 6.45) is 0.826. The molecule has 1 aromatic heterocycles. The molecule has 1 N–H and O–H groups in total. The lowest BCUT2D eigenvalue weighted by Crippen LogP contribution is -2.31. The molecule has 0 aliphatic carbocycles. The van der Waals surface area contributed by atoms with Crippen LogP contribution in [0.2, 0.25) is 0 Å². The number of carbonyl (C=O) groups is 1. The Balaban J connectivity index is 1.58. The van der Waals surface area contributed by atoms with E-state index in [0.717, 1.165) is 53.5 Å². The zero-order chi connectivity index (χ0) is 21.3. The highest BCUT2D eigenvalue weighted by molar-refractivity contribution is 5.89. The number of aromatic nitrogens is 2. The molecule has 1 aliphatic heterocycles. The molecular formula is C23H25FN4O2. The number of hydrogen-bond acceptors (Lipinski definition) is 4. The summed E-state index contributed by atoms with van der Waals surface area (Å²) in [5.74, 6) is 1.21. The topological polar surface area (TPSA) is 59.4 Å². The third-order valence-electron chi connectivity index (χ3n) is 5.41. The number of carbonyl (C=O) groups excluding carboxylic acids is 1. The number of nitrogens with one attached hydrogen (secondary N) is 1. The molecule has 0 fully saturated rings. The number of ether oxygens (including phenoxy) is 1. The van der Waals surface area contributed by atoms with E-state index >= 15 is 0 Å². The van der Waals surface area contributed by atoms with Gasteiger partial charge >= 0.3 is 0 Å². The summed E-state index contributed by atoms with van der Waals surface area (Å²) in [5.41, 5.74) is 4.78.